The maximum Gasteiger partial charge on any atom is 0.0468 e. The Morgan fingerprint density at radius 2 is 1.83 bits per heavy atom. The first kappa shape index (κ1) is 14.1. The van der Waals surface area contributed by atoms with Gasteiger partial charge in [0.1, 0.15) is 0 Å². The average molecular weight is 289 g/mol. The lowest BCUT2D eigenvalue weighted by Crippen LogP contribution is -2.31. The average Bonchev–Trinajstić information content (AvgIpc) is 2.36. The molecule has 1 aromatic carbocycles. The Kier molecular flexibility index (Phi) is 5.27. The van der Waals surface area contributed by atoms with Gasteiger partial charge in [-0.05, 0) is 48.9 Å². The highest BCUT2D eigenvalue weighted by molar-refractivity contribution is 6.34. The van der Waals surface area contributed by atoms with Crippen LogP contribution in [0.15, 0.2) is 18.2 Å². The molecule has 5 heteroatoms. The third-order valence-corrected chi connectivity index (χ3v) is 3.83. The molecule has 1 heterocycles. The third kappa shape index (κ3) is 3.84. The molecule has 0 saturated carbocycles. The highest BCUT2D eigenvalue weighted by Crippen LogP contribution is 2.30. The molecule has 3 nitrogen and oxygen atoms in total. The fraction of sp³-hybridized carbons (Fsp3) is 0.538. The summed E-state index contributed by atoms with van der Waals surface area (Å²) in [7, 11) is 0. The van der Waals surface area contributed by atoms with E-state index in [0.29, 0.717) is 16.0 Å². The summed E-state index contributed by atoms with van der Waals surface area (Å²) in [5.74, 6) is 6.29. The highest BCUT2D eigenvalue weighted by Gasteiger charge is 2.20. The van der Waals surface area contributed by atoms with Gasteiger partial charge in [-0.3, -0.25) is 11.3 Å². The molecule has 2 rings (SSSR count). The van der Waals surface area contributed by atoms with E-state index in [0.717, 1.165) is 38.0 Å². The first-order chi connectivity index (χ1) is 8.69. The van der Waals surface area contributed by atoms with E-state index < -0.39 is 0 Å². The van der Waals surface area contributed by atoms with Crippen molar-refractivity contribution in [1.29, 1.82) is 0 Å². The normalized spacial score (nSPS) is 18.8. The lowest BCUT2D eigenvalue weighted by molar-refractivity contribution is 0.0605. The number of nitrogens with two attached hydrogens (primary N) is 1. The predicted octanol–water partition coefficient (Wildman–Crippen LogP) is 3.31. The Labute approximate surface area is 118 Å². The zero-order valence-corrected chi connectivity index (χ0v) is 11.7. The highest BCUT2D eigenvalue weighted by atomic mass is 35.5. The lowest BCUT2D eigenvalue weighted by atomic mass is 9.90. The van der Waals surface area contributed by atoms with Crippen molar-refractivity contribution in [2.45, 2.75) is 25.3 Å². The Morgan fingerprint density at radius 1 is 1.22 bits per heavy atom. The third-order valence-electron chi connectivity index (χ3n) is 3.40. The second kappa shape index (κ2) is 6.73. The minimum atomic E-state index is 0.0873. The molecular formula is C13H18Cl2N2O. The molecule has 1 unspecified atom stereocenters. The number of halogens is 2. The summed E-state index contributed by atoms with van der Waals surface area (Å²) in [5, 5.41) is 1.29. The summed E-state index contributed by atoms with van der Waals surface area (Å²) in [6, 6.07) is 5.65. The van der Waals surface area contributed by atoms with Crippen LogP contribution in [0.1, 0.15) is 30.9 Å². The molecule has 1 saturated heterocycles. The van der Waals surface area contributed by atoms with Crippen LogP contribution in [0.3, 0.4) is 0 Å². The van der Waals surface area contributed by atoms with Gasteiger partial charge in [0.2, 0.25) is 0 Å². The number of hydrazine groups is 1. The minimum Gasteiger partial charge on any atom is -0.381 e. The van der Waals surface area contributed by atoms with Gasteiger partial charge in [0.05, 0.1) is 0 Å². The lowest BCUT2D eigenvalue weighted by Gasteiger charge is -2.26. The summed E-state index contributed by atoms with van der Waals surface area (Å²) < 4.78 is 5.36. The molecular weight excluding hydrogens is 271 g/mol. The zero-order valence-electron chi connectivity index (χ0n) is 10.2. The standard InChI is InChI=1S/C13H18Cl2N2O/c14-11-6-10(7-12(15)8-11)13(17-16)5-9-1-3-18-4-2-9/h6-9,13,17H,1-5,16H2. The number of hydrogen-bond donors (Lipinski definition) is 2. The van der Waals surface area contributed by atoms with Gasteiger partial charge in [0.25, 0.3) is 0 Å². The smallest absolute Gasteiger partial charge is 0.0468 e. The number of benzene rings is 1. The summed E-state index contributed by atoms with van der Waals surface area (Å²) in [4.78, 5) is 0. The molecule has 1 atom stereocenters. The van der Waals surface area contributed by atoms with Gasteiger partial charge in [0, 0.05) is 29.3 Å². The van der Waals surface area contributed by atoms with E-state index in [1.54, 1.807) is 6.07 Å². The molecule has 1 aromatic rings. The first-order valence-electron chi connectivity index (χ1n) is 6.19. The van der Waals surface area contributed by atoms with E-state index in [4.69, 9.17) is 33.8 Å². The summed E-state index contributed by atoms with van der Waals surface area (Å²) in [6.07, 6.45) is 3.16. The Morgan fingerprint density at radius 3 is 2.39 bits per heavy atom. The zero-order chi connectivity index (χ0) is 13.0. The van der Waals surface area contributed by atoms with Crippen molar-refractivity contribution < 1.29 is 4.74 Å². The van der Waals surface area contributed by atoms with Crippen LogP contribution in [0, 0.1) is 5.92 Å². The molecule has 0 amide bonds. The van der Waals surface area contributed by atoms with Crippen LogP contribution in [0.4, 0.5) is 0 Å². The van der Waals surface area contributed by atoms with Crippen molar-refractivity contribution in [3.05, 3.63) is 33.8 Å². The van der Waals surface area contributed by atoms with Crippen molar-refractivity contribution in [2.24, 2.45) is 11.8 Å². The van der Waals surface area contributed by atoms with E-state index in [1.807, 2.05) is 12.1 Å². The van der Waals surface area contributed by atoms with Crippen molar-refractivity contribution in [2.75, 3.05) is 13.2 Å². The number of hydrogen-bond acceptors (Lipinski definition) is 3. The van der Waals surface area contributed by atoms with Crippen LogP contribution in [-0.4, -0.2) is 13.2 Å². The quantitative estimate of drug-likeness (QED) is 0.660. The monoisotopic (exact) mass is 288 g/mol. The van der Waals surface area contributed by atoms with Crippen LogP contribution in [0.5, 0.6) is 0 Å². The molecule has 0 aliphatic carbocycles. The molecule has 0 spiro atoms. The summed E-state index contributed by atoms with van der Waals surface area (Å²) >= 11 is 12.0. The van der Waals surface area contributed by atoms with Gasteiger partial charge in [-0.1, -0.05) is 23.2 Å². The SMILES string of the molecule is NNC(CC1CCOCC1)c1cc(Cl)cc(Cl)c1. The first-order valence-corrected chi connectivity index (χ1v) is 6.94. The predicted molar refractivity (Wildman–Crippen MR) is 74.7 cm³/mol. The van der Waals surface area contributed by atoms with E-state index in [-0.39, 0.29) is 6.04 Å². The largest absolute Gasteiger partial charge is 0.381 e. The van der Waals surface area contributed by atoms with Gasteiger partial charge in [-0.2, -0.15) is 0 Å². The Hall–Kier alpha value is -0.320. The van der Waals surface area contributed by atoms with E-state index >= 15 is 0 Å². The van der Waals surface area contributed by atoms with Crippen molar-refractivity contribution in [1.82, 2.24) is 5.43 Å². The van der Waals surface area contributed by atoms with Gasteiger partial charge >= 0.3 is 0 Å². The molecule has 100 valence electrons. The Bertz CT molecular complexity index is 374. The van der Waals surface area contributed by atoms with Crippen LogP contribution >= 0.6 is 23.2 Å². The van der Waals surface area contributed by atoms with E-state index in [9.17, 15) is 0 Å². The molecule has 1 aliphatic rings. The molecule has 1 aliphatic heterocycles. The molecule has 18 heavy (non-hydrogen) atoms. The van der Waals surface area contributed by atoms with Gasteiger partial charge in [-0.15, -0.1) is 0 Å². The van der Waals surface area contributed by atoms with Crippen LogP contribution < -0.4 is 11.3 Å². The van der Waals surface area contributed by atoms with Gasteiger partial charge in [-0.25, -0.2) is 0 Å². The summed E-state index contributed by atoms with van der Waals surface area (Å²) in [5.41, 5.74) is 3.91. The maximum atomic E-state index is 6.02. The Balaban J connectivity index is 2.06. The van der Waals surface area contributed by atoms with Crippen LogP contribution in [-0.2, 0) is 4.74 Å². The minimum absolute atomic E-state index is 0.0873. The number of ether oxygens (including phenoxy) is 1. The van der Waals surface area contributed by atoms with Gasteiger partial charge in [0.15, 0.2) is 0 Å². The van der Waals surface area contributed by atoms with Crippen molar-refractivity contribution in [3.8, 4) is 0 Å². The van der Waals surface area contributed by atoms with Gasteiger partial charge < -0.3 is 4.74 Å². The molecule has 0 aromatic heterocycles. The second-order valence-corrected chi connectivity index (χ2v) is 5.59. The fourth-order valence-corrected chi connectivity index (χ4v) is 2.94. The molecule has 0 radical (unpaired) electrons. The summed E-state index contributed by atoms with van der Waals surface area (Å²) in [6.45, 7) is 1.69. The van der Waals surface area contributed by atoms with Crippen molar-refractivity contribution in [3.63, 3.8) is 0 Å². The second-order valence-electron chi connectivity index (χ2n) is 4.71. The fourth-order valence-electron chi connectivity index (χ4n) is 2.39. The van der Waals surface area contributed by atoms with Crippen molar-refractivity contribution >= 4 is 23.2 Å². The van der Waals surface area contributed by atoms with E-state index in [2.05, 4.69) is 5.43 Å². The molecule has 0 bridgehead atoms. The topological polar surface area (TPSA) is 47.3 Å². The molecule has 1 fully saturated rings. The van der Waals surface area contributed by atoms with Crippen LogP contribution in [0.2, 0.25) is 10.0 Å². The molecule has 3 N–H and O–H groups in total. The van der Waals surface area contributed by atoms with Crippen LogP contribution in [0.25, 0.3) is 0 Å². The number of nitrogens with one attached hydrogen (secondary N) is 1. The maximum absolute atomic E-state index is 6.02. The van der Waals surface area contributed by atoms with E-state index in [1.165, 1.54) is 0 Å². The number of rotatable bonds is 4.